The van der Waals surface area contributed by atoms with E-state index in [0.29, 0.717) is 5.82 Å². The molecule has 0 saturated heterocycles. The second-order valence-corrected chi connectivity index (χ2v) is 5.23. The molecule has 23 heavy (non-hydrogen) atoms. The SMILES string of the molecule is Nc1cccc(-c2cnc3c(Nc4ccccc4)nccn23)c1. The van der Waals surface area contributed by atoms with Crippen LogP contribution in [-0.4, -0.2) is 14.4 Å². The molecule has 0 aliphatic rings. The van der Waals surface area contributed by atoms with E-state index in [9.17, 15) is 0 Å². The number of nitrogen functional groups attached to an aromatic ring is 1. The van der Waals surface area contributed by atoms with Gasteiger partial charge in [0.1, 0.15) is 0 Å². The number of aromatic nitrogens is 3. The van der Waals surface area contributed by atoms with Crippen molar-refractivity contribution in [1.29, 1.82) is 0 Å². The maximum Gasteiger partial charge on any atom is 0.180 e. The minimum absolute atomic E-state index is 0.717. The molecule has 2 aromatic carbocycles. The summed E-state index contributed by atoms with van der Waals surface area (Å²) in [5.74, 6) is 0.717. The Hall–Kier alpha value is -3.34. The fourth-order valence-electron chi connectivity index (χ4n) is 2.58. The van der Waals surface area contributed by atoms with E-state index in [1.807, 2.05) is 71.4 Å². The molecule has 2 heterocycles. The van der Waals surface area contributed by atoms with Gasteiger partial charge in [0.25, 0.3) is 0 Å². The predicted octanol–water partition coefficient (Wildman–Crippen LogP) is 3.72. The number of para-hydroxylation sites is 1. The molecule has 4 aromatic rings. The van der Waals surface area contributed by atoms with Crippen LogP contribution in [0.2, 0.25) is 0 Å². The lowest BCUT2D eigenvalue weighted by molar-refractivity contribution is 1.13. The van der Waals surface area contributed by atoms with Crippen LogP contribution >= 0.6 is 0 Å². The topological polar surface area (TPSA) is 68.2 Å². The van der Waals surface area contributed by atoms with Crippen molar-refractivity contribution in [3.8, 4) is 11.3 Å². The van der Waals surface area contributed by atoms with Crippen LogP contribution in [0, 0.1) is 0 Å². The zero-order valence-corrected chi connectivity index (χ0v) is 12.3. The van der Waals surface area contributed by atoms with Gasteiger partial charge >= 0.3 is 0 Å². The Morgan fingerprint density at radius 1 is 0.957 bits per heavy atom. The Balaban J connectivity index is 1.81. The van der Waals surface area contributed by atoms with Crippen molar-refractivity contribution in [1.82, 2.24) is 14.4 Å². The van der Waals surface area contributed by atoms with Crippen molar-refractivity contribution in [3.05, 3.63) is 73.2 Å². The van der Waals surface area contributed by atoms with Crippen LogP contribution in [0.1, 0.15) is 0 Å². The number of nitrogens with one attached hydrogen (secondary N) is 1. The van der Waals surface area contributed by atoms with Crippen molar-refractivity contribution in [2.75, 3.05) is 11.1 Å². The van der Waals surface area contributed by atoms with Gasteiger partial charge in [-0.05, 0) is 24.3 Å². The third-order valence-electron chi connectivity index (χ3n) is 3.65. The zero-order valence-electron chi connectivity index (χ0n) is 12.3. The first kappa shape index (κ1) is 13.3. The van der Waals surface area contributed by atoms with Crippen molar-refractivity contribution in [2.45, 2.75) is 0 Å². The fourth-order valence-corrected chi connectivity index (χ4v) is 2.58. The highest BCUT2D eigenvalue weighted by Gasteiger charge is 2.10. The highest BCUT2D eigenvalue weighted by molar-refractivity contribution is 5.74. The molecule has 4 rings (SSSR count). The van der Waals surface area contributed by atoms with Crippen LogP contribution in [0.5, 0.6) is 0 Å². The highest BCUT2D eigenvalue weighted by atomic mass is 15.1. The van der Waals surface area contributed by atoms with E-state index in [4.69, 9.17) is 5.73 Å². The standard InChI is InChI=1S/C18H15N5/c19-14-6-4-5-13(11-14)16-12-21-18-17(20-9-10-23(16)18)22-15-7-2-1-3-8-15/h1-12H,19H2,(H,20,22). The number of benzene rings is 2. The summed E-state index contributed by atoms with van der Waals surface area (Å²) in [5, 5.41) is 3.30. The maximum atomic E-state index is 5.89. The lowest BCUT2D eigenvalue weighted by atomic mass is 10.1. The Morgan fingerprint density at radius 2 is 1.83 bits per heavy atom. The third kappa shape index (κ3) is 2.48. The van der Waals surface area contributed by atoms with Gasteiger partial charge in [0.05, 0.1) is 11.9 Å². The van der Waals surface area contributed by atoms with E-state index in [-0.39, 0.29) is 0 Å². The molecule has 0 bridgehead atoms. The van der Waals surface area contributed by atoms with Crippen LogP contribution in [0.4, 0.5) is 17.2 Å². The second-order valence-electron chi connectivity index (χ2n) is 5.23. The number of imidazole rings is 1. The molecule has 0 radical (unpaired) electrons. The smallest absolute Gasteiger partial charge is 0.180 e. The monoisotopic (exact) mass is 301 g/mol. The highest BCUT2D eigenvalue weighted by Crippen LogP contribution is 2.26. The van der Waals surface area contributed by atoms with E-state index >= 15 is 0 Å². The minimum atomic E-state index is 0.717. The molecule has 0 fully saturated rings. The Labute approximate surface area is 133 Å². The summed E-state index contributed by atoms with van der Waals surface area (Å²) in [4.78, 5) is 8.93. The van der Waals surface area contributed by atoms with Crippen LogP contribution < -0.4 is 11.1 Å². The molecular weight excluding hydrogens is 286 g/mol. The van der Waals surface area contributed by atoms with E-state index in [1.54, 1.807) is 6.20 Å². The quantitative estimate of drug-likeness (QED) is 0.566. The summed E-state index contributed by atoms with van der Waals surface area (Å²) >= 11 is 0. The molecule has 0 unspecified atom stereocenters. The van der Waals surface area contributed by atoms with Gasteiger partial charge < -0.3 is 11.1 Å². The molecule has 5 nitrogen and oxygen atoms in total. The van der Waals surface area contributed by atoms with Gasteiger partial charge in [-0.3, -0.25) is 4.40 Å². The van der Waals surface area contributed by atoms with Crippen molar-refractivity contribution in [3.63, 3.8) is 0 Å². The summed E-state index contributed by atoms with van der Waals surface area (Å²) < 4.78 is 2.01. The summed E-state index contributed by atoms with van der Waals surface area (Å²) in [7, 11) is 0. The number of hydrogen-bond donors (Lipinski definition) is 2. The number of rotatable bonds is 3. The van der Waals surface area contributed by atoms with Gasteiger partial charge in [0.15, 0.2) is 11.5 Å². The fraction of sp³-hybridized carbons (Fsp3) is 0. The summed E-state index contributed by atoms with van der Waals surface area (Å²) in [6.45, 7) is 0. The molecule has 5 heteroatoms. The van der Waals surface area contributed by atoms with Crippen molar-refractivity contribution < 1.29 is 0 Å². The number of fused-ring (bicyclic) bond motifs is 1. The summed E-state index contributed by atoms with van der Waals surface area (Å²) in [5.41, 5.74) is 10.4. The Kier molecular flexibility index (Phi) is 3.16. The number of hydrogen-bond acceptors (Lipinski definition) is 4. The Bertz CT molecular complexity index is 959. The van der Waals surface area contributed by atoms with E-state index in [0.717, 1.165) is 28.3 Å². The third-order valence-corrected chi connectivity index (χ3v) is 3.65. The van der Waals surface area contributed by atoms with Gasteiger partial charge in [-0.2, -0.15) is 0 Å². The largest absolute Gasteiger partial charge is 0.399 e. The molecule has 2 aromatic heterocycles. The first-order valence-corrected chi connectivity index (χ1v) is 7.31. The van der Waals surface area contributed by atoms with Gasteiger partial charge in [-0.15, -0.1) is 0 Å². The number of anilines is 3. The average Bonchev–Trinajstić information content (AvgIpc) is 3.01. The van der Waals surface area contributed by atoms with Crippen molar-refractivity contribution in [2.24, 2.45) is 0 Å². The van der Waals surface area contributed by atoms with Gasteiger partial charge in [0.2, 0.25) is 0 Å². The molecule has 0 atom stereocenters. The first-order chi connectivity index (χ1) is 11.3. The molecule has 0 amide bonds. The zero-order chi connectivity index (χ0) is 15.6. The van der Waals surface area contributed by atoms with E-state index < -0.39 is 0 Å². The first-order valence-electron chi connectivity index (χ1n) is 7.31. The molecule has 0 spiro atoms. The number of nitrogens with zero attached hydrogens (tertiary/aromatic N) is 3. The lowest BCUT2D eigenvalue weighted by Gasteiger charge is -2.08. The molecule has 0 saturated carbocycles. The lowest BCUT2D eigenvalue weighted by Crippen LogP contribution is -1.98. The van der Waals surface area contributed by atoms with Gasteiger partial charge in [0, 0.05) is 29.3 Å². The molecule has 112 valence electrons. The molecule has 0 aliphatic carbocycles. The summed E-state index contributed by atoms with van der Waals surface area (Å²) in [6.07, 6.45) is 5.49. The number of nitrogens with two attached hydrogens (primary N) is 1. The Morgan fingerprint density at radius 3 is 2.65 bits per heavy atom. The molecule has 0 aliphatic heterocycles. The van der Waals surface area contributed by atoms with Crippen LogP contribution in [0.3, 0.4) is 0 Å². The van der Waals surface area contributed by atoms with Crippen molar-refractivity contribution >= 4 is 22.8 Å². The van der Waals surface area contributed by atoms with E-state index in [1.165, 1.54) is 0 Å². The van der Waals surface area contributed by atoms with Crippen LogP contribution in [0.25, 0.3) is 16.9 Å². The average molecular weight is 301 g/mol. The summed E-state index contributed by atoms with van der Waals surface area (Å²) in [6, 6.07) is 17.7. The van der Waals surface area contributed by atoms with Gasteiger partial charge in [-0.1, -0.05) is 30.3 Å². The maximum absolute atomic E-state index is 5.89. The van der Waals surface area contributed by atoms with Crippen LogP contribution in [0.15, 0.2) is 73.2 Å². The molecule has 3 N–H and O–H groups in total. The minimum Gasteiger partial charge on any atom is -0.399 e. The van der Waals surface area contributed by atoms with Crippen LogP contribution in [-0.2, 0) is 0 Å². The predicted molar refractivity (Wildman–Crippen MR) is 92.6 cm³/mol. The van der Waals surface area contributed by atoms with E-state index in [2.05, 4.69) is 15.3 Å². The second kappa shape index (κ2) is 5.46. The normalized spacial score (nSPS) is 10.8. The van der Waals surface area contributed by atoms with Gasteiger partial charge in [-0.25, -0.2) is 9.97 Å². The molecular formula is C18H15N5.